The van der Waals surface area contributed by atoms with E-state index in [0.717, 1.165) is 11.4 Å². The quantitative estimate of drug-likeness (QED) is 0.927. The topological polar surface area (TPSA) is 45.5 Å². The molecule has 1 aromatic carbocycles. The number of nitrogens with zero attached hydrogens (tertiary/aromatic N) is 2. The zero-order chi connectivity index (χ0) is 13.3. The molecule has 1 N–H and O–H groups in total. The Kier molecular flexibility index (Phi) is 3.30. The van der Waals surface area contributed by atoms with Crippen molar-refractivity contribution >= 4 is 23.3 Å². The van der Waals surface area contributed by atoms with Crippen LogP contribution in [0.4, 0.5) is 5.69 Å². The Balaban J connectivity index is 2.65. The largest absolute Gasteiger partial charge is 0.477 e. The number of carboxylic acids is 1. The molecule has 0 bridgehead atoms. The number of halogens is 1. The van der Waals surface area contributed by atoms with E-state index in [0.29, 0.717) is 5.02 Å². The van der Waals surface area contributed by atoms with Crippen LogP contribution in [0.25, 0.3) is 5.69 Å². The molecule has 0 unspecified atom stereocenters. The van der Waals surface area contributed by atoms with Crippen LogP contribution in [0.2, 0.25) is 5.02 Å². The summed E-state index contributed by atoms with van der Waals surface area (Å²) in [7, 11) is 3.81. The van der Waals surface area contributed by atoms with Crippen molar-refractivity contribution in [3.63, 3.8) is 0 Å². The molecule has 1 heterocycles. The molecule has 0 radical (unpaired) electrons. The number of hydrogen-bond acceptors (Lipinski definition) is 2. The number of carbonyl (C=O) groups is 1. The Morgan fingerprint density at radius 3 is 2.61 bits per heavy atom. The van der Waals surface area contributed by atoms with Gasteiger partial charge in [-0.05, 0) is 18.2 Å². The molecule has 4 nitrogen and oxygen atoms in total. The maximum Gasteiger partial charge on any atom is 0.352 e. The number of carboxylic acid groups (broad SMARTS) is 1. The number of anilines is 1. The molecule has 0 aliphatic carbocycles. The summed E-state index contributed by atoms with van der Waals surface area (Å²) in [6.07, 6.45) is 1.60. The third-order valence-electron chi connectivity index (χ3n) is 2.63. The van der Waals surface area contributed by atoms with E-state index in [1.165, 1.54) is 6.07 Å². The van der Waals surface area contributed by atoms with E-state index in [1.807, 2.05) is 43.3 Å². The van der Waals surface area contributed by atoms with Gasteiger partial charge in [0.25, 0.3) is 0 Å². The molecule has 0 aliphatic heterocycles. The first-order valence-corrected chi connectivity index (χ1v) is 5.76. The standard InChI is InChI=1S/C13H13ClN2O2/c1-15(2)10-5-3-4-6-11(10)16-8-9(14)7-12(16)13(17)18/h3-8H,1-2H3,(H,17,18). The molecule has 0 atom stereocenters. The van der Waals surface area contributed by atoms with E-state index in [4.69, 9.17) is 11.6 Å². The Morgan fingerprint density at radius 2 is 2.00 bits per heavy atom. The number of benzene rings is 1. The van der Waals surface area contributed by atoms with Crippen molar-refractivity contribution in [2.75, 3.05) is 19.0 Å². The fourth-order valence-electron chi connectivity index (χ4n) is 1.84. The number of hydrogen-bond donors (Lipinski definition) is 1. The van der Waals surface area contributed by atoms with E-state index in [2.05, 4.69) is 0 Å². The lowest BCUT2D eigenvalue weighted by atomic mass is 10.2. The molecule has 0 fully saturated rings. The number of aromatic carboxylic acids is 1. The summed E-state index contributed by atoms with van der Waals surface area (Å²) in [5, 5.41) is 9.58. The van der Waals surface area contributed by atoms with Crippen LogP contribution < -0.4 is 4.90 Å². The van der Waals surface area contributed by atoms with E-state index < -0.39 is 5.97 Å². The summed E-state index contributed by atoms with van der Waals surface area (Å²) >= 11 is 5.89. The number of aromatic nitrogens is 1. The Bertz CT molecular complexity index is 590. The van der Waals surface area contributed by atoms with Gasteiger partial charge in [0, 0.05) is 20.3 Å². The lowest BCUT2D eigenvalue weighted by Gasteiger charge is -2.18. The maximum absolute atomic E-state index is 11.2. The van der Waals surface area contributed by atoms with Crippen molar-refractivity contribution < 1.29 is 9.90 Å². The normalized spacial score (nSPS) is 10.4. The highest BCUT2D eigenvalue weighted by molar-refractivity contribution is 6.31. The first-order chi connectivity index (χ1) is 8.50. The van der Waals surface area contributed by atoms with Crippen LogP contribution in [0.15, 0.2) is 36.5 Å². The van der Waals surface area contributed by atoms with Gasteiger partial charge in [0.05, 0.1) is 16.4 Å². The predicted octanol–water partition coefficient (Wildman–Crippen LogP) is 2.89. The lowest BCUT2D eigenvalue weighted by Crippen LogP contribution is -2.14. The van der Waals surface area contributed by atoms with Crippen molar-refractivity contribution in [3.8, 4) is 5.69 Å². The molecule has 2 aromatic rings. The van der Waals surface area contributed by atoms with Crippen LogP contribution in [0.3, 0.4) is 0 Å². The molecule has 0 saturated carbocycles. The molecule has 0 spiro atoms. The summed E-state index contributed by atoms with van der Waals surface area (Å²) in [5.74, 6) is -1.00. The van der Waals surface area contributed by atoms with Crippen LogP contribution in [0.1, 0.15) is 10.5 Å². The highest BCUT2D eigenvalue weighted by atomic mass is 35.5. The van der Waals surface area contributed by atoms with Crippen LogP contribution >= 0.6 is 11.6 Å². The maximum atomic E-state index is 11.2. The van der Waals surface area contributed by atoms with Gasteiger partial charge in [0.15, 0.2) is 0 Å². The summed E-state index contributed by atoms with van der Waals surface area (Å²) in [4.78, 5) is 13.1. The Morgan fingerprint density at radius 1 is 1.33 bits per heavy atom. The molecule has 2 rings (SSSR count). The molecule has 0 aliphatic rings. The van der Waals surface area contributed by atoms with Gasteiger partial charge < -0.3 is 14.6 Å². The zero-order valence-electron chi connectivity index (χ0n) is 10.1. The molecule has 18 heavy (non-hydrogen) atoms. The van der Waals surface area contributed by atoms with E-state index >= 15 is 0 Å². The van der Waals surface area contributed by atoms with E-state index in [1.54, 1.807) is 10.8 Å². The second kappa shape index (κ2) is 4.74. The number of para-hydroxylation sites is 2. The first kappa shape index (κ1) is 12.5. The van der Waals surface area contributed by atoms with Crippen molar-refractivity contribution in [2.45, 2.75) is 0 Å². The van der Waals surface area contributed by atoms with Crippen molar-refractivity contribution in [3.05, 3.63) is 47.2 Å². The van der Waals surface area contributed by atoms with Gasteiger partial charge in [-0.3, -0.25) is 0 Å². The van der Waals surface area contributed by atoms with Gasteiger partial charge in [0.1, 0.15) is 5.69 Å². The average molecular weight is 265 g/mol. The van der Waals surface area contributed by atoms with Gasteiger partial charge in [-0.1, -0.05) is 23.7 Å². The predicted molar refractivity (Wildman–Crippen MR) is 72.1 cm³/mol. The number of rotatable bonds is 3. The highest BCUT2D eigenvalue weighted by Gasteiger charge is 2.15. The highest BCUT2D eigenvalue weighted by Crippen LogP contribution is 2.26. The second-order valence-electron chi connectivity index (χ2n) is 4.10. The molecule has 5 heteroatoms. The summed E-state index contributed by atoms with van der Waals surface area (Å²) < 4.78 is 1.58. The molecular weight excluding hydrogens is 252 g/mol. The van der Waals surface area contributed by atoms with E-state index in [-0.39, 0.29) is 5.69 Å². The van der Waals surface area contributed by atoms with Gasteiger partial charge in [-0.15, -0.1) is 0 Å². The van der Waals surface area contributed by atoms with Gasteiger partial charge in [-0.2, -0.15) is 0 Å². The first-order valence-electron chi connectivity index (χ1n) is 5.38. The van der Waals surface area contributed by atoms with Gasteiger partial charge in [0.2, 0.25) is 0 Å². The molecule has 0 amide bonds. The van der Waals surface area contributed by atoms with Crippen LogP contribution in [-0.2, 0) is 0 Å². The summed E-state index contributed by atoms with van der Waals surface area (Å²) in [5.41, 5.74) is 1.85. The fraction of sp³-hybridized carbons (Fsp3) is 0.154. The van der Waals surface area contributed by atoms with Gasteiger partial charge >= 0.3 is 5.97 Å². The second-order valence-corrected chi connectivity index (χ2v) is 4.54. The SMILES string of the molecule is CN(C)c1ccccc1-n1cc(Cl)cc1C(=O)O. The Hall–Kier alpha value is -1.94. The third-order valence-corrected chi connectivity index (χ3v) is 2.84. The minimum Gasteiger partial charge on any atom is -0.477 e. The zero-order valence-corrected chi connectivity index (χ0v) is 10.8. The van der Waals surface area contributed by atoms with Crippen LogP contribution in [-0.4, -0.2) is 29.7 Å². The Labute approximate surface area is 110 Å². The van der Waals surface area contributed by atoms with Gasteiger partial charge in [-0.25, -0.2) is 4.79 Å². The average Bonchev–Trinajstić information content (AvgIpc) is 2.71. The molecule has 0 saturated heterocycles. The summed E-state index contributed by atoms with van der Waals surface area (Å²) in [6, 6.07) is 9.00. The minimum absolute atomic E-state index is 0.148. The third kappa shape index (κ3) is 2.19. The fourth-order valence-corrected chi connectivity index (χ4v) is 2.04. The lowest BCUT2D eigenvalue weighted by molar-refractivity contribution is 0.0688. The van der Waals surface area contributed by atoms with Crippen LogP contribution in [0.5, 0.6) is 0 Å². The molecular formula is C13H13ClN2O2. The van der Waals surface area contributed by atoms with Crippen molar-refractivity contribution in [1.82, 2.24) is 4.57 Å². The summed E-state index contributed by atoms with van der Waals surface area (Å²) in [6.45, 7) is 0. The van der Waals surface area contributed by atoms with Crippen LogP contribution in [0, 0.1) is 0 Å². The monoisotopic (exact) mass is 264 g/mol. The molecule has 94 valence electrons. The minimum atomic E-state index is -1.00. The molecule has 1 aromatic heterocycles. The van der Waals surface area contributed by atoms with Crippen molar-refractivity contribution in [2.24, 2.45) is 0 Å². The van der Waals surface area contributed by atoms with E-state index in [9.17, 15) is 9.90 Å². The smallest absolute Gasteiger partial charge is 0.352 e. The van der Waals surface area contributed by atoms with Crippen molar-refractivity contribution in [1.29, 1.82) is 0 Å².